The van der Waals surface area contributed by atoms with Crippen molar-refractivity contribution in [2.75, 3.05) is 19.8 Å². The summed E-state index contributed by atoms with van der Waals surface area (Å²) < 4.78 is 49.6. The first-order chi connectivity index (χ1) is 11.8. The minimum absolute atomic E-state index is 0.0887. The van der Waals surface area contributed by atoms with Crippen molar-refractivity contribution < 1.29 is 27.4 Å². The molecular formula is C18H24F3NO3. The van der Waals surface area contributed by atoms with E-state index in [0.29, 0.717) is 12.2 Å². The number of hydrogen-bond donors (Lipinski definition) is 0. The maximum atomic E-state index is 12.9. The molecule has 7 heteroatoms. The Balaban J connectivity index is 1.95. The molecule has 0 aliphatic carbocycles. The summed E-state index contributed by atoms with van der Waals surface area (Å²) in [4.78, 5) is 13.3. The average Bonchev–Trinajstić information content (AvgIpc) is 2.59. The van der Waals surface area contributed by atoms with Crippen molar-refractivity contribution >= 4 is 5.91 Å². The largest absolute Gasteiger partial charge is 0.406 e. The number of ether oxygens (including phenoxy) is 2. The molecular weight excluding hydrogens is 335 g/mol. The number of carbonyl (C=O) groups excluding carboxylic acids is 1. The summed E-state index contributed by atoms with van der Waals surface area (Å²) in [7, 11) is 0. The van der Waals surface area contributed by atoms with Crippen molar-refractivity contribution in [3.05, 3.63) is 35.9 Å². The molecule has 0 N–H and O–H groups in total. The van der Waals surface area contributed by atoms with E-state index in [9.17, 15) is 18.0 Å². The number of hydrogen-bond acceptors (Lipinski definition) is 3. The lowest BCUT2D eigenvalue weighted by Gasteiger charge is -2.28. The second-order valence-electron chi connectivity index (χ2n) is 6.26. The Kier molecular flexibility index (Phi) is 7.25. The molecule has 1 saturated heterocycles. The molecule has 140 valence electrons. The maximum Gasteiger partial charge on any atom is 0.406 e. The standard InChI is InChI=1S/C18H24F3NO3/c1-14(25-12-16-9-5-6-10-24-16)17(23)22(13-18(19,20)21)11-15-7-3-2-4-8-15/h2-4,7-8,14,16H,5-6,9-13H2,1H3. The first-order valence-corrected chi connectivity index (χ1v) is 8.48. The molecule has 1 fully saturated rings. The summed E-state index contributed by atoms with van der Waals surface area (Å²) in [6, 6.07) is 8.61. The molecule has 0 saturated carbocycles. The molecule has 2 atom stereocenters. The Labute approximate surface area is 145 Å². The van der Waals surface area contributed by atoms with Crippen LogP contribution >= 0.6 is 0 Å². The van der Waals surface area contributed by atoms with Gasteiger partial charge in [0, 0.05) is 13.2 Å². The highest BCUT2D eigenvalue weighted by molar-refractivity contribution is 5.80. The summed E-state index contributed by atoms with van der Waals surface area (Å²) in [6.07, 6.45) is -2.62. The molecule has 1 aliphatic heterocycles. The minimum Gasteiger partial charge on any atom is -0.376 e. The first kappa shape index (κ1) is 19.7. The molecule has 1 heterocycles. The quantitative estimate of drug-likeness (QED) is 0.747. The van der Waals surface area contributed by atoms with Crippen molar-refractivity contribution in [2.24, 2.45) is 0 Å². The van der Waals surface area contributed by atoms with Gasteiger partial charge in [0.25, 0.3) is 5.91 Å². The third-order valence-electron chi connectivity index (χ3n) is 4.05. The first-order valence-electron chi connectivity index (χ1n) is 8.48. The molecule has 1 amide bonds. The van der Waals surface area contributed by atoms with Gasteiger partial charge >= 0.3 is 6.18 Å². The summed E-state index contributed by atoms with van der Waals surface area (Å²) in [5, 5.41) is 0. The fourth-order valence-electron chi connectivity index (χ4n) is 2.75. The second-order valence-corrected chi connectivity index (χ2v) is 6.26. The number of nitrogens with zero attached hydrogens (tertiary/aromatic N) is 1. The highest BCUT2D eigenvalue weighted by atomic mass is 19.4. The van der Waals surface area contributed by atoms with Crippen molar-refractivity contribution in [2.45, 2.75) is 51.1 Å². The highest BCUT2D eigenvalue weighted by Gasteiger charge is 2.35. The van der Waals surface area contributed by atoms with Gasteiger partial charge in [-0.2, -0.15) is 13.2 Å². The van der Waals surface area contributed by atoms with E-state index in [1.54, 1.807) is 30.3 Å². The summed E-state index contributed by atoms with van der Waals surface area (Å²) in [5.74, 6) is -0.669. The van der Waals surface area contributed by atoms with Gasteiger partial charge < -0.3 is 14.4 Å². The van der Waals surface area contributed by atoms with Crippen LogP contribution < -0.4 is 0 Å². The number of rotatable bonds is 7. The number of carbonyl (C=O) groups is 1. The van der Waals surface area contributed by atoms with Crippen LogP contribution in [-0.2, 0) is 20.8 Å². The second kappa shape index (κ2) is 9.20. The van der Waals surface area contributed by atoms with E-state index < -0.39 is 24.7 Å². The van der Waals surface area contributed by atoms with E-state index in [2.05, 4.69) is 0 Å². The Morgan fingerprint density at radius 3 is 2.64 bits per heavy atom. The number of amides is 1. The van der Waals surface area contributed by atoms with E-state index in [0.717, 1.165) is 24.2 Å². The van der Waals surface area contributed by atoms with Gasteiger partial charge in [0.2, 0.25) is 0 Å². The monoisotopic (exact) mass is 359 g/mol. The van der Waals surface area contributed by atoms with E-state index in [4.69, 9.17) is 9.47 Å². The fourth-order valence-corrected chi connectivity index (χ4v) is 2.75. The third-order valence-corrected chi connectivity index (χ3v) is 4.05. The lowest BCUT2D eigenvalue weighted by Crippen LogP contribution is -2.44. The number of alkyl halides is 3. The zero-order chi connectivity index (χ0) is 18.3. The molecule has 1 aromatic carbocycles. The van der Waals surface area contributed by atoms with Crippen molar-refractivity contribution in [3.8, 4) is 0 Å². The number of halogens is 3. The lowest BCUT2D eigenvalue weighted by atomic mass is 10.1. The van der Waals surface area contributed by atoms with Crippen LogP contribution in [0.1, 0.15) is 31.7 Å². The Morgan fingerprint density at radius 2 is 2.04 bits per heavy atom. The zero-order valence-corrected chi connectivity index (χ0v) is 14.3. The Morgan fingerprint density at radius 1 is 1.32 bits per heavy atom. The van der Waals surface area contributed by atoms with Gasteiger partial charge in [-0.05, 0) is 31.7 Å². The van der Waals surface area contributed by atoms with Crippen LogP contribution in [0, 0.1) is 0 Å². The van der Waals surface area contributed by atoms with Gasteiger partial charge in [0.15, 0.2) is 0 Å². The molecule has 1 aliphatic rings. The molecule has 0 aromatic heterocycles. The highest BCUT2D eigenvalue weighted by Crippen LogP contribution is 2.20. The van der Waals surface area contributed by atoms with Crippen molar-refractivity contribution in [3.63, 3.8) is 0 Å². The molecule has 1 aromatic rings. The fraction of sp³-hybridized carbons (Fsp3) is 0.611. The molecule has 0 radical (unpaired) electrons. The molecule has 0 spiro atoms. The van der Waals surface area contributed by atoms with Crippen molar-refractivity contribution in [1.29, 1.82) is 0 Å². The SMILES string of the molecule is CC(OCC1CCCCO1)C(=O)N(Cc1ccccc1)CC(F)(F)F. The smallest absolute Gasteiger partial charge is 0.376 e. The van der Waals surface area contributed by atoms with Gasteiger partial charge in [0.1, 0.15) is 12.6 Å². The Hall–Kier alpha value is -1.60. The topological polar surface area (TPSA) is 38.8 Å². The normalized spacial score (nSPS) is 19.4. The lowest BCUT2D eigenvalue weighted by molar-refractivity contribution is -0.170. The van der Waals surface area contributed by atoms with Crippen LogP contribution in [0.3, 0.4) is 0 Å². The van der Waals surface area contributed by atoms with E-state index in [1.165, 1.54) is 6.92 Å². The van der Waals surface area contributed by atoms with Gasteiger partial charge in [-0.1, -0.05) is 30.3 Å². The van der Waals surface area contributed by atoms with E-state index in [-0.39, 0.29) is 19.3 Å². The van der Waals surface area contributed by atoms with Gasteiger partial charge in [-0.3, -0.25) is 4.79 Å². The van der Waals surface area contributed by atoms with Crippen molar-refractivity contribution in [1.82, 2.24) is 4.90 Å². The number of benzene rings is 1. The van der Waals surface area contributed by atoms with Crippen LogP contribution in [0.15, 0.2) is 30.3 Å². The molecule has 25 heavy (non-hydrogen) atoms. The summed E-state index contributed by atoms with van der Waals surface area (Å²) >= 11 is 0. The predicted molar refractivity (Wildman–Crippen MR) is 86.9 cm³/mol. The van der Waals surface area contributed by atoms with Gasteiger partial charge in [-0.15, -0.1) is 0 Å². The molecule has 4 nitrogen and oxygen atoms in total. The van der Waals surface area contributed by atoms with Crippen LogP contribution in [0.4, 0.5) is 13.2 Å². The zero-order valence-electron chi connectivity index (χ0n) is 14.3. The van der Waals surface area contributed by atoms with Gasteiger partial charge in [0.05, 0.1) is 12.7 Å². The predicted octanol–water partition coefficient (Wildman–Crippen LogP) is 3.55. The molecule has 2 rings (SSSR count). The summed E-state index contributed by atoms with van der Waals surface area (Å²) in [5.41, 5.74) is 0.642. The molecule has 0 bridgehead atoms. The van der Waals surface area contributed by atoms with E-state index >= 15 is 0 Å². The minimum atomic E-state index is -4.46. The average molecular weight is 359 g/mol. The third kappa shape index (κ3) is 7.04. The Bertz CT molecular complexity index is 530. The van der Waals surface area contributed by atoms with Gasteiger partial charge in [-0.25, -0.2) is 0 Å². The van der Waals surface area contributed by atoms with E-state index in [1.807, 2.05) is 0 Å². The summed E-state index contributed by atoms with van der Waals surface area (Å²) in [6.45, 7) is 0.962. The van der Waals surface area contributed by atoms with Crippen LogP contribution in [0.5, 0.6) is 0 Å². The van der Waals surface area contributed by atoms with Crippen LogP contribution in [0.25, 0.3) is 0 Å². The van der Waals surface area contributed by atoms with Crippen LogP contribution in [0.2, 0.25) is 0 Å². The van der Waals surface area contributed by atoms with Crippen LogP contribution in [-0.4, -0.2) is 48.9 Å². The molecule has 2 unspecified atom stereocenters. The maximum absolute atomic E-state index is 12.9.